The van der Waals surface area contributed by atoms with E-state index in [9.17, 15) is 5.11 Å². The van der Waals surface area contributed by atoms with Crippen molar-refractivity contribution in [2.45, 2.75) is 32.4 Å². The van der Waals surface area contributed by atoms with Crippen molar-refractivity contribution in [3.05, 3.63) is 29.3 Å². The third kappa shape index (κ3) is 2.36. The van der Waals surface area contributed by atoms with Crippen LogP contribution in [0.2, 0.25) is 0 Å². The summed E-state index contributed by atoms with van der Waals surface area (Å²) in [4.78, 5) is 8.72. The standard InChI is InChI=1S/C13H16N4O2/c1-7-3-8(2)11(15-5-7)12-16-13(19-17-12)10-4-9(18)6-14-10/h3,5,9-10,14,18H,4,6H2,1-2H3. The number of nitrogens with one attached hydrogen (secondary N) is 1. The highest BCUT2D eigenvalue weighted by atomic mass is 16.5. The fourth-order valence-electron chi connectivity index (χ4n) is 2.33. The first-order chi connectivity index (χ1) is 9.13. The summed E-state index contributed by atoms with van der Waals surface area (Å²) in [6.07, 6.45) is 2.04. The maximum atomic E-state index is 9.49. The molecule has 1 aliphatic heterocycles. The van der Waals surface area contributed by atoms with Crippen molar-refractivity contribution in [1.29, 1.82) is 0 Å². The van der Waals surface area contributed by atoms with Gasteiger partial charge in [0.1, 0.15) is 5.69 Å². The minimum atomic E-state index is -0.348. The molecule has 2 aromatic heterocycles. The number of aryl methyl sites for hydroxylation is 2. The first-order valence-electron chi connectivity index (χ1n) is 6.32. The van der Waals surface area contributed by atoms with Crippen molar-refractivity contribution in [1.82, 2.24) is 20.4 Å². The van der Waals surface area contributed by atoms with E-state index >= 15 is 0 Å². The smallest absolute Gasteiger partial charge is 0.244 e. The van der Waals surface area contributed by atoms with Gasteiger partial charge in [-0.1, -0.05) is 11.2 Å². The van der Waals surface area contributed by atoms with Gasteiger partial charge in [-0.15, -0.1) is 0 Å². The Bertz CT molecular complexity index is 596. The Balaban J connectivity index is 1.88. The number of aliphatic hydroxyl groups excluding tert-OH is 1. The molecule has 1 saturated heterocycles. The summed E-state index contributed by atoms with van der Waals surface area (Å²) in [5.74, 6) is 1.00. The molecule has 100 valence electrons. The number of nitrogens with zero attached hydrogens (tertiary/aromatic N) is 3. The maximum absolute atomic E-state index is 9.49. The highest BCUT2D eigenvalue weighted by Gasteiger charge is 2.28. The molecule has 0 bridgehead atoms. The van der Waals surface area contributed by atoms with Crippen molar-refractivity contribution in [2.75, 3.05) is 6.54 Å². The van der Waals surface area contributed by atoms with E-state index in [2.05, 4.69) is 20.4 Å². The van der Waals surface area contributed by atoms with Gasteiger partial charge in [0.15, 0.2) is 0 Å². The van der Waals surface area contributed by atoms with Gasteiger partial charge < -0.3 is 14.9 Å². The Morgan fingerprint density at radius 2 is 2.26 bits per heavy atom. The summed E-state index contributed by atoms with van der Waals surface area (Å²) >= 11 is 0. The zero-order valence-corrected chi connectivity index (χ0v) is 10.9. The number of hydrogen-bond acceptors (Lipinski definition) is 6. The average molecular weight is 260 g/mol. The lowest BCUT2D eigenvalue weighted by Gasteiger charge is -2.02. The van der Waals surface area contributed by atoms with E-state index in [4.69, 9.17) is 4.52 Å². The van der Waals surface area contributed by atoms with Crippen molar-refractivity contribution in [3.8, 4) is 11.5 Å². The molecule has 2 N–H and O–H groups in total. The SMILES string of the molecule is Cc1cnc(-c2noc(C3CC(O)CN3)n2)c(C)c1. The van der Waals surface area contributed by atoms with Gasteiger partial charge >= 0.3 is 0 Å². The molecule has 0 saturated carbocycles. The second-order valence-corrected chi connectivity index (χ2v) is 4.98. The van der Waals surface area contributed by atoms with Crippen LogP contribution in [0.1, 0.15) is 29.5 Å². The molecule has 3 heterocycles. The molecule has 0 spiro atoms. The molecule has 0 aliphatic carbocycles. The maximum Gasteiger partial charge on any atom is 0.244 e. The van der Waals surface area contributed by atoms with Crippen LogP contribution in [0.3, 0.4) is 0 Å². The third-order valence-electron chi connectivity index (χ3n) is 3.27. The minimum absolute atomic E-state index is 0.0676. The van der Waals surface area contributed by atoms with E-state index in [0.717, 1.165) is 16.8 Å². The molecule has 6 heteroatoms. The van der Waals surface area contributed by atoms with Crippen LogP contribution in [0.4, 0.5) is 0 Å². The lowest BCUT2D eigenvalue weighted by molar-refractivity contribution is 0.191. The normalized spacial score (nSPS) is 22.9. The van der Waals surface area contributed by atoms with Gasteiger partial charge in [0.25, 0.3) is 0 Å². The Hall–Kier alpha value is -1.79. The van der Waals surface area contributed by atoms with Crippen LogP contribution in [-0.4, -0.2) is 32.9 Å². The van der Waals surface area contributed by atoms with Crippen LogP contribution < -0.4 is 5.32 Å². The summed E-state index contributed by atoms with van der Waals surface area (Å²) in [7, 11) is 0. The Morgan fingerprint density at radius 3 is 2.95 bits per heavy atom. The van der Waals surface area contributed by atoms with E-state index in [1.54, 1.807) is 6.20 Å². The van der Waals surface area contributed by atoms with Gasteiger partial charge in [-0.05, 0) is 31.4 Å². The molecule has 6 nitrogen and oxygen atoms in total. The molecule has 0 amide bonds. The molecule has 1 fully saturated rings. The molecule has 2 unspecified atom stereocenters. The van der Waals surface area contributed by atoms with Gasteiger partial charge in [-0.3, -0.25) is 4.98 Å². The fraction of sp³-hybridized carbons (Fsp3) is 0.462. The Labute approximate surface area is 110 Å². The molecule has 3 rings (SSSR count). The van der Waals surface area contributed by atoms with Crippen molar-refractivity contribution < 1.29 is 9.63 Å². The zero-order valence-electron chi connectivity index (χ0n) is 10.9. The van der Waals surface area contributed by atoms with Crippen LogP contribution in [-0.2, 0) is 0 Å². The van der Waals surface area contributed by atoms with Gasteiger partial charge in [-0.25, -0.2) is 0 Å². The number of hydrogen-bond donors (Lipinski definition) is 2. The molecule has 1 aliphatic rings. The second-order valence-electron chi connectivity index (χ2n) is 4.98. The number of aliphatic hydroxyl groups is 1. The largest absolute Gasteiger partial charge is 0.392 e. The minimum Gasteiger partial charge on any atom is -0.392 e. The van der Waals surface area contributed by atoms with Crippen LogP contribution in [0, 0.1) is 13.8 Å². The molecule has 2 atom stereocenters. The van der Waals surface area contributed by atoms with E-state index in [1.807, 2.05) is 19.9 Å². The predicted molar refractivity (Wildman–Crippen MR) is 68.4 cm³/mol. The lowest BCUT2D eigenvalue weighted by atomic mass is 10.1. The summed E-state index contributed by atoms with van der Waals surface area (Å²) in [5.41, 5.74) is 2.86. The van der Waals surface area contributed by atoms with Crippen molar-refractivity contribution in [3.63, 3.8) is 0 Å². The Morgan fingerprint density at radius 1 is 1.42 bits per heavy atom. The van der Waals surface area contributed by atoms with Crippen molar-refractivity contribution in [2.24, 2.45) is 0 Å². The summed E-state index contributed by atoms with van der Waals surface area (Å²) < 4.78 is 5.26. The number of β-amino-alcohol motifs (C(OH)–C–C–N with tert-alkyl or cyclic N) is 1. The lowest BCUT2D eigenvalue weighted by Crippen LogP contribution is -2.15. The van der Waals surface area contributed by atoms with E-state index in [1.165, 1.54) is 0 Å². The summed E-state index contributed by atoms with van der Waals surface area (Å²) in [6.45, 7) is 4.53. The van der Waals surface area contributed by atoms with E-state index in [-0.39, 0.29) is 12.1 Å². The van der Waals surface area contributed by atoms with E-state index < -0.39 is 0 Å². The first kappa shape index (κ1) is 12.3. The van der Waals surface area contributed by atoms with Crippen molar-refractivity contribution >= 4 is 0 Å². The van der Waals surface area contributed by atoms with Crippen LogP contribution in [0.15, 0.2) is 16.8 Å². The van der Waals surface area contributed by atoms with Crippen LogP contribution >= 0.6 is 0 Å². The first-order valence-corrected chi connectivity index (χ1v) is 6.32. The average Bonchev–Trinajstić information content (AvgIpc) is 2.97. The highest BCUT2D eigenvalue weighted by Crippen LogP contribution is 2.25. The second kappa shape index (κ2) is 4.71. The monoisotopic (exact) mass is 260 g/mol. The van der Waals surface area contributed by atoms with Crippen LogP contribution in [0.5, 0.6) is 0 Å². The molecular weight excluding hydrogens is 244 g/mol. The Kier molecular flexibility index (Phi) is 3.04. The quantitative estimate of drug-likeness (QED) is 0.842. The third-order valence-corrected chi connectivity index (χ3v) is 3.27. The van der Waals surface area contributed by atoms with Gasteiger partial charge in [0.2, 0.25) is 11.7 Å². The van der Waals surface area contributed by atoms with Crippen LogP contribution in [0.25, 0.3) is 11.5 Å². The van der Waals surface area contributed by atoms with Gasteiger partial charge in [0, 0.05) is 12.7 Å². The summed E-state index contributed by atoms with van der Waals surface area (Å²) in [5, 5.41) is 16.6. The zero-order chi connectivity index (χ0) is 13.4. The highest BCUT2D eigenvalue weighted by molar-refractivity contribution is 5.54. The topological polar surface area (TPSA) is 84.1 Å². The molecule has 19 heavy (non-hydrogen) atoms. The molecule has 0 aromatic carbocycles. The van der Waals surface area contributed by atoms with Gasteiger partial charge in [-0.2, -0.15) is 4.98 Å². The molecule has 2 aromatic rings. The number of pyridine rings is 1. The summed E-state index contributed by atoms with van der Waals surface area (Å²) in [6, 6.07) is 1.97. The van der Waals surface area contributed by atoms with Gasteiger partial charge in [0.05, 0.1) is 12.1 Å². The number of rotatable bonds is 2. The molecule has 0 radical (unpaired) electrons. The van der Waals surface area contributed by atoms with E-state index in [0.29, 0.717) is 24.7 Å². The molecular formula is C13H16N4O2. The fourth-order valence-corrected chi connectivity index (χ4v) is 2.33. The predicted octanol–water partition coefficient (Wildman–Crippen LogP) is 1.14. The number of aromatic nitrogens is 3.